The number of carbonyl (C=O) groups excluding carboxylic acids is 2. The molecule has 3 rings (SSSR count). The quantitative estimate of drug-likeness (QED) is 0.652. The van der Waals surface area contributed by atoms with Crippen molar-refractivity contribution in [3.8, 4) is 0 Å². The summed E-state index contributed by atoms with van der Waals surface area (Å²) in [6.45, 7) is 5.62. The molecule has 2 aromatic rings. The summed E-state index contributed by atoms with van der Waals surface area (Å²) >= 11 is 1.08. The minimum absolute atomic E-state index is 0.143. The third kappa shape index (κ3) is 3.78. The number of likely N-dealkylation sites (N-methyl/N-ethyl adjacent to an activating group) is 1. The van der Waals surface area contributed by atoms with Crippen molar-refractivity contribution in [3.63, 3.8) is 0 Å². The zero-order chi connectivity index (χ0) is 20.4. The number of halogens is 2. The van der Waals surface area contributed by atoms with Crippen LogP contribution in [0.3, 0.4) is 0 Å². The lowest BCUT2D eigenvalue weighted by molar-refractivity contribution is -0.119. The van der Waals surface area contributed by atoms with Gasteiger partial charge in [0.05, 0.1) is 12.3 Å². The maximum atomic E-state index is 13.2. The van der Waals surface area contributed by atoms with Crippen molar-refractivity contribution in [2.45, 2.75) is 53.0 Å². The summed E-state index contributed by atoms with van der Waals surface area (Å²) in [7, 11) is 0. The lowest BCUT2D eigenvalue weighted by Gasteiger charge is -2.18. The van der Waals surface area contributed by atoms with Gasteiger partial charge in [-0.2, -0.15) is 5.10 Å². The molecule has 0 bridgehead atoms. The van der Waals surface area contributed by atoms with Crippen LogP contribution in [0.25, 0.3) is 0 Å². The van der Waals surface area contributed by atoms with Gasteiger partial charge in [0.15, 0.2) is 5.13 Å². The summed E-state index contributed by atoms with van der Waals surface area (Å²) in [4.78, 5) is 31.0. The van der Waals surface area contributed by atoms with Crippen molar-refractivity contribution in [3.05, 3.63) is 27.5 Å². The van der Waals surface area contributed by atoms with Crippen LogP contribution in [0, 0.1) is 6.92 Å². The van der Waals surface area contributed by atoms with E-state index in [2.05, 4.69) is 10.1 Å². The molecule has 152 valence electrons. The van der Waals surface area contributed by atoms with Crippen molar-refractivity contribution in [2.75, 3.05) is 18.1 Å². The van der Waals surface area contributed by atoms with E-state index in [4.69, 9.17) is 4.74 Å². The Bertz CT molecular complexity index is 894. The topological polar surface area (TPSA) is 77.3 Å². The minimum atomic E-state index is -2.65. The van der Waals surface area contributed by atoms with Crippen molar-refractivity contribution < 1.29 is 23.1 Å². The Balaban J connectivity index is 1.83. The average Bonchev–Trinajstić information content (AvgIpc) is 3.32. The lowest BCUT2D eigenvalue weighted by Crippen LogP contribution is -2.34. The number of amides is 1. The number of aromatic nitrogens is 3. The van der Waals surface area contributed by atoms with Crippen LogP contribution in [-0.2, 0) is 28.9 Å². The van der Waals surface area contributed by atoms with Gasteiger partial charge in [-0.3, -0.25) is 14.4 Å². The highest BCUT2D eigenvalue weighted by molar-refractivity contribution is 7.17. The number of fused-ring (bicyclic) bond motifs is 1. The van der Waals surface area contributed by atoms with Gasteiger partial charge in [0.25, 0.3) is 6.43 Å². The van der Waals surface area contributed by atoms with Crippen LogP contribution >= 0.6 is 11.3 Å². The number of thiazole rings is 1. The molecule has 0 saturated carbocycles. The summed E-state index contributed by atoms with van der Waals surface area (Å²) in [6.07, 6.45) is -0.667. The summed E-state index contributed by atoms with van der Waals surface area (Å²) in [5, 5.41) is 4.37. The number of alkyl halides is 2. The zero-order valence-corrected chi connectivity index (χ0v) is 16.8. The van der Waals surface area contributed by atoms with Crippen molar-refractivity contribution in [1.82, 2.24) is 14.8 Å². The van der Waals surface area contributed by atoms with Gasteiger partial charge in [-0.15, -0.1) is 0 Å². The van der Waals surface area contributed by atoms with E-state index < -0.39 is 12.4 Å². The molecule has 0 spiro atoms. The molecule has 0 saturated heterocycles. The van der Waals surface area contributed by atoms with Crippen LogP contribution in [0.4, 0.5) is 13.9 Å². The Morgan fingerprint density at radius 3 is 2.71 bits per heavy atom. The molecule has 0 aromatic carbocycles. The number of esters is 1. The van der Waals surface area contributed by atoms with Gasteiger partial charge in [-0.25, -0.2) is 18.6 Å². The zero-order valence-electron chi connectivity index (χ0n) is 16.0. The summed E-state index contributed by atoms with van der Waals surface area (Å²) < 4.78 is 32.9. The highest BCUT2D eigenvalue weighted by Gasteiger charge is 2.29. The maximum absolute atomic E-state index is 13.2. The van der Waals surface area contributed by atoms with Gasteiger partial charge in [0.2, 0.25) is 5.91 Å². The van der Waals surface area contributed by atoms with Crippen molar-refractivity contribution in [2.24, 2.45) is 0 Å². The van der Waals surface area contributed by atoms with Gasteiger partial charge in [0, 0.05) is 17.8 Å². The second-order valence-electron chi connectivity index (χ2n) is 6.39. The highest BCUT2D eigenvalue weighted by Crippen LogP contribution is 2.32. The third-order valence-electron chi connectivity index (χ3n) is 4.62. The van der Waals surface area contributed by atoms with E-state index in [1.807, 2.05) is 0 Å². The molecule has 0 fully saturated rings. The third-order valence-corrected chi connectivity index (χ3v) is 5.78. The summed E-state index contributed by atoms with van der Waals surface area (Å²) in [5.41, 5.74) is 1.55. The number of rotatable bonds is 7. The van der Waals surface area contributed by atoms with E-state index in [9.17, 15) is 18.4 Å². The molecule has 2 heterocycles. The number of carbonyl (C=O) groups is 2. The summed E-state index contributed by atoms with van der Waals surface area (Å²) in [5.74, 6) is -0.789. The van der Waals surface area contributed by atoms with E-state index in [0.29, 0.717) is 46.3 Å². The predicted molar refractivity (Wildman–Crippen MR) is 100 cm³/mol. The van der Waals surface area contributed by atoms with Crippen molar-refractivity contribution in [1.29, 1.82) is 0 Å². The Kier molecular flexibility index (Phi) is 6.07. The standard InChI is InChI=1S/C18H22F2N4O3S/c1-4-23(18-21-10(3)15(28-18)17(26)27-5-2)13(25)9-24-12-8-6-7-11(12)14(22-24)16(19)20/h16H,4-9H2,1-3H3. The lowest BCUT2D eigenvalue weighted by atomic mass is 10.2. The fourth-order valence-corrected chi connectivity index (χ4v) is 4.40. The Morgan fingerprint density at radius 1 is 1.32 bits per heavy atom. The minimum Gasteiger partial charge on any atom is -0.462 e. The SMILES string of the molecule is CCOC(=O)c1sc(N(CC)C(=O)Cn2nc(C(F)F)c3c2CCC3)nc1C. The van der Waals surface area contributed by atoms with E-state index in [1.54, 1.807) is 20.8 Å². The Labute approximate surface area is 165 Å². The van der Waals surface area contributed by atoms with E-state index in [-0.39, 0.29) is 24.8 Å². The van der Waals surface area contributed by atoms with Crippen LogP contribution in [0.15, 0.2) is 0 Å². The van der Waals surface area contributed by atoms with E-state index in [0.717, 1.165) is 17.8 Å². The molecule has 0 radical (unpaired) electrons. The predicted octanol–water partition coefficient (Wildman–Crippen LogP) is 3.30. The number of aryl methyl sites for hydroxylation is 1. The molecule has 7 nitrogen and oxygen atoms in total. The monoisotopic (exact) mass is 412 g/mol. The molecule has 0 unspecified atom stereocenters. The van der Waals surface area contributed by atoms with Gasteiger partial charge >= 0.3 is 5.97 Å². The van der Waals surface area contributed by atoms with Crippen LogP contribution in [0.5, 0.6) is 0 Å². The Hall–Kier alpha value is -2.36. The number of nitrogens with zero attached hydrogens (tertiary/aromatic N) is 4. The first-order valence-electron chi connectivity index (χ1n) is 9.18. The first-order chi connectivity index (χ1) is 13.4. The van der Waals surface area contributed by atoms with Crippen LogP contribution < -0.4 is 4.90 Å². The summed E-state index contributed by atoms with van der Waals surface area (Å²) in [6, 6.07) is 0. The molecule has 0 aliphatic heterocycles. The average molecular weight is 412 g/mol. The van der Waals surface area contributed by atoms with Gasteiger partial charge in [0.1, 0.15) is 17.1 Å². The fourth-order valence-electron chi connectivity index (χ4n) is 3.36. The number of hydrogen-bond donors (Lipinski definition) is 0. The van der Waals surface area contributed by atoms with Gasteiger partial charge in [-0.1, -0.05) is 11.3 Å². The molecule has 1 aliphatic rings. The molecular formula is C18H22F2N4O3S. The second kappa shape index (κ2) is 8.34. The molecule has 1 aliphatic carbocycles. The van der Waals surface area contributed by atoms with E-state index >= 15 is 0 Å². The first kappa shape index (κ1) is 20.4. The van der Waals surface area contributed by atoms with E-state index in [1.165, 1.54) is 9.58 Å². The highest BCUT2D eigenvalue weighted by atomic mass is 32.1. The van der Waals surface area contributed by atoms with Crippen LogP contribution in [-0.4, -0.2) is 39.8 Å². The molecular weight excluding hydrogens is 390 g/mol. The smallest absolute Gasteiger partial charge is 0.350 e. The number of ether oxygens (including phenoxy) is 1. The fraction of sp³-hybridized carbons (Fsp3) is 0.556. The largest absolute Gasteiger partial charge is 0.462 e. The molecule has 0 N–H and O–H groups in total. The molecule has 28 heavy (non-hydrogen) atoms. The van der Waals surface area contributed by atoms with Gasteiger partial charge in [-0.05, 0) is 40.0 Å². The molecule has 2 aromatic heterocycles. The number of anilines is 1. The van der Waals surface area contributed by atoms with Crippen LogP contribution in [0.1, 0.15) is 59.0 Å². The maximum Gasteiger partial charge on any atom is 0.350 e. The Morgan fingerprint density at radius 2 is 2.07 bits per heavy atom. The molecule has 0 atom stereocenters. The number of hydrogen-bond acceptors (Lipinski definition) is 6. The van der Waals surface area contributed by atoms with Gasteiger partial charge < -0.3 is 4.74 Å². The first-order valence-corrected chi connectivity index (χ1v) is 10.00. The van der Waals surface area contributed by atoms with Crippen molar-refractivity contribution >= 4 is 28.3 Å². The normalized spacial score (nSPS) is 13.1. The van der Waals surface area contributed by atoms with Crippen LogP contribution in [0.2, 0.25) is 0 Å². The molecule has 10 heteroatoms. The second-order valence-corrected chi connectivity index (χ2v) is 7.37. The molecule has 1 amide bonds.